The second-order valence-corrected chi connectivity index (χ2v) is 6.88. The van der Waals surface area contributed by atoms with Gasteiger partial charge in [-0.1, -0.05) is 21.1 Å². The van der Waals surface area contributed by atoms with Crippen LogP contribution in [0.2, 0.25) is 0 Å². The molecule has 18 heavy (non-hydrogen) atoms. The number of sulfonamides is 1. The van der Waals surface area contributed by atoms with E-state index in [4.69, 9.17) is 0 Å². The largest absolute Gasteiger partial charge is 0.363 e. The molecule has 5 nitrogen and oxygen atoms in total. The van der Waals surface area contributed by atoms with Crippen molar-refractivity contribution in [3.8, 4) is 0 Å². The summed E-state index contributed by atoms with van der Waals surface area (Å²) >= 11 is 6.54. The summed E-state index contributed by atoms with van der Waals surface area (Å²) in [5.74, 6) is 0.138. The van der Waals surface area contributed by atoms with Crippen LogP contribution < -0.4 is 4.72 Å². The van der Waals surface area contributed by atoms with Gasteiger partial charge in [-0.3, -0.25) is 4.72 Å². The van der Waals surface area contributed by atoms with Crippen LogP contribution in [0, 0.1) is 6.92 Å². The molecule has 1 heterocycles. The molecule has 8 heteroatoms. The summed E-state index contributed by atoms with van der Waals surface area (Å²) in [4.78, 5) is 0.128. The van der Waals surface area contributed by atoms with Crippen LogP contribution in [0.5, 0.6) is 0 Å². The fourth-order valence-electron chi connectivity index (χ4n) is 1.29. The number of nitrogens with zero attached hydrogens (tertiary/aromatic N) is 1. The van der Waals surface area contributed by atoms with E-state index in [1.54, 1.807) is 6.07 Å². The zero-order chi connectivity index (χ0) is 13.3. The van der Waals surface area contributed by atoms with E-state index in [0.717, 1.165) is 5.56 Å². The standard InChI is InChI=1S/C10H8Br2N2O3S/c1-6-4-8(12)9(5-7(6)11)18(15,16)14-10-2-3-17-13-10/h2-5H,1H3,(H,13,14). The van der Waals surface area contributed by atoms with Crippen LogP contribution in [0.1, 0.15) is 5.56 Å². The molecule has 2 aromatic rings. The molecule has 0 aliphatic heterocycles. The van der Waals surface area contributed by atoms with Crippen molar-refractivity contribution in [2.45, 2.75) is 11.8 Å². The molecular formula is C10H8Br2N2O3S. The number of aromatic nitrogens is 1. The van der Waals surface area contributed by atoms with E-state index in [2.05, 4.69) is 46.3 Å². The third kappa shape index (κ3) is 2.76. The van der Waals surface area contributed by atoms with Gasteiger partial charge in [-0.25, -0.2) is 8.42 Å². The van der Waals surface area contributed by atoms with Gasteiger partial charge in [0.1, 0.15) is 11.2 Å². The molecule has 0 fully saturated rings. The first-order valence-electron chi connectivity index (χ1n) is 4.79. The van der Waals surface area contributed by atoms with Gasteiger partial charge in [0.05, 0.1) is 0 Å². The molecule has 1 N–H and O–H groups in total. The molecule has 0 aliphatic carbocycles. The van der Waals surface area contributed by atoms with Crippen molar-refractivity contribution in [2.24, 2.45) is 0 Å². The third-order valence-corrected chi connectivity index (χ3v) is 5.35. The molecule has 0 saturated carbocycles. The van der Waals surface area contributed by atoms with E-state index in [1.807, 2.05) is 6.92 Å². The van der Waals surface area contributed by atoms with Crippen molar-refractivity contribution in [3.05, 3.63) is 39.0 Å². The quantitative estimate of drug-likeness (QED) is 0.865. The minimum Gasteiger partial charge on any atom is -0.363 e. The van der Waals surface area contributed by atoms with Gasteiger partial charge >= 0.3 is 0 Å². The van der Waals surface area contributed by atoms with Crippen LogP contribution >= 0.6 is 31.9 Å². The van der Waals surface area contributed by atoms with E-state index in [-0.39, 0.29) is 10.7 Å². The highest BCUT2D eigenvalue weighted by atomic mass is 79.9. The van der Waals surface area contributed by atoms with Gasteiger partial charge in [-0.2, -0.15) is 0 Å². The Kier molecular flexibility index (Phi) is 3.79. The highest BCUT2D eigenvalue weighted by Crippen LogP contribution is 2.29. The summed E-state index contributed by atoms with van der Waals surface area (Å²) in [6, 6.07) is 4.68. The van der Waals surface area contributed by atoms with Gasteiger partial charge in [0.15, 0.2) is 5.82 Å². The summed E-state index contributed by atoms with van der Waals surface area (Å²) in [5, 5.41) is 3.50. The van der Waals surface area contributed by atoms with E-state index >= 15 is 0 Å². The second kappa shape index (κ2) is 5.02. The fourth-order valence-corrected chi connectivity index (χ4v) is 3.96. The molecule has 2 rings (SSSR count). The number of anilines is 1. The average Bonchev–Trinajstić information content (AvgIpc) is 2.75. The topological polar surface area (TPSA) is 72.2 Å². The minimum absolute atomic E-state index is 0.128. The van der Waals surface area contributed by atoms with Crippen LogP contribution in [0.25, 0.3) is 0 Å². The smallest absolute Gasteiger partial charge is 0.264 e. The van der Waals surface area contributed by atoms with Gasteiger partial charge in [-0.05, 0) is 40.5 Å². The number of benzene rings is 1. The molecular weight excluding hydrogens is 388 g/mol. The summed E-state index contributed by atoms with van der Waals surface area (Å²) in [7, 11) is -3.70. The van der Waals surface area contributed by atoms with Crippen LogP contribution in [0.4, 0.5) is 5.82 Å². The lowest BCUT2D eigenvalue weighted by molar-refractivity contribution is 0.423. The van der Waals surface area contributed by atoms with Crippen LogP contribution in [-0.2, 0) is 10.0 Å². The number of hydrogen-bond donors (Lipinski definition) is 1. The van der Waals surface area contributed by atoms with Crippen molar-refractivity contribution < 1.29 is 12.9 Å². The van der Waals surface area contributed by atoms with Crippen molar-refractivity contribution >= 4 is 47.7 Å². The molecule has 0 unspecified atom stereocenters. The van der Waals surface area contributed by atoms with E-state index in [0.29, 0.717) is 8.95 Å². The monoisotopic (exact) mass is 394 g/mol. The SMILES string of the molecule is Cc1cc(Br)c(S(=O)(=O)Nc2ccon2)cc1Br. The Hall–Kier alpha value is -0.860. The average molecular weight is 396 g/mol. The zero-order valence-electron chi connectivity index (χ0n) is 9.15. The van der Waals surface area contributed by atoms with Crippen LogP contribution in [0.15, 0.2) is 42.8 Å². The first-order chi connectivity index (χ1) is 8.40. The van der Waals surface area contributed by atoms with E-state index in [1.165, 1.54) is 18.4 Å². The first kappa shape index (κ1) is 13.6. The predicted octanol–water partition coefficient (Wildman–Crippen LogP) is 3.31. The van der Waals surface area contributed by atoms with E-state index < -0.39 is 10.0 Å². The zero-order valence-corrected chi connectivity index (χ0v) is 13.1. The number of halogens is 2. The highest BCUT2D eigenvalue weighted by Gasteiger charge is 2.20. The third-order valence-electron chi connectivity index (χ3n) is 2.18. The van der Waals surface area contributed by atoms with Crippen molar-refractivity contribution in [1.29, 1.82) is 0 Å². The minimum atomic E-state index is -3.70. The Morgan fingerprint density at radius 3 is 2.61 bits per heavy atom. The normalized spacial score (nSPS) is 11.5. The van der Waals surface area contributed by atoms with Crippen molar-refractivity contribution in [1.82, 2.24) is 5.16 Å². The Balaban J connectivity index is 2.44. The molecule has 0 spiro atoms. The summed E-state index contributed by atoms with van der Waals surface area (Å²) in [5.41, 5.74) is 0.933. The molecule has 0 amide bonds. The summed E-state index contributed by atoms with van der Waals surface area (Å²) in [6.45, 7) is 1.87. The van der Waals surface area contributed by atoms with Crippen LogP contribution in [0.3, 0.4) is 0 Å². The molecule has 0 aliphatic rings. The maximum absolute atomic E-state index is 12.1. The van der Waals surface area contributed by atoms with Crippen molar-refractivity contribution in [3.63, 3.8) is 0 Å². The molecule has 96 valence electrons. The molecule has 0 saturated heterocycles. The number of hydrogen-bond acceptors (Lipinski definition) is 4. The fraction of sp³-hybridized carbons (Fsp3) is 0.100. The molecule has 0 radical (unpaired) electrons. The van der Waals surface area contributed by atoms with Gasteiger partial charge in [0.2, 0.25) is 0 Å². The first-order valence-corrected chi connectivity index (χ1v) is 7.86. The Bertz CT molecular complexity index is 669. The van der Waals surface area contributed by atoms with E-state index in [9.17, 15) is 8.42 Å². The number of nitrogens with one attached hydrogen (secondary N) is 1. The molecule has 0 bridgehead atoms. The number of aryl methyl sites for hydroxylation is 1. The molecule has 1 aromatic heterocycles. The second-order valence-electron chi connectivity index (χ2n) is 3.52. The Labute approximate surface area is 121 Å². The maximum atomic E-state index is 12.1. The van der Waals surface area contributed by atoms with Crippen LogP contribution in [-0.4, -0.2) is 13.6 Å². The van der Waals surface area contributed by atoms with Crippen molar-refractivity contribution in [2.75, 3.05) is 4.72 Å². The Morgan fingerprint density at radius 2 is 2.00 bits per heavy atom. The lowest BCUT2D eigenvalue weighted by atomic mass is 10.2. The molecule has 0 atom stereocenters. The number of rotatable bonds is 3. The molecule has 1 aromatic carbocycles. The lowest BCUT2D eigenvalue weighted by Crippen LogP contribution is -2.14. The van der Waals surface area contributed by atoms with Gasteiger partial charge in [0, 0.05) is 15.0 Å². The maximum Gasteiger partial charge on any atom is 0.264 e. The Morgan fingerprint density at radius 1 is 1.28 bits per heavy atom. The van der Waals surface area contributed by atoms with Gasteiger partial charge < -0.3 is 4.52 Å². The van der Waals surface area contributed by atoms with Gasteiger partial charge in [-0.15, -0.1) is 0 Å². The highest BCUT2D eigenvalue weighted by molar-refractivity contribution is 9.11. The lowest BCUT2D eigenvalue weighted by Gasteiger charge is -2.09. The summed E-state index contributed by atoms with van der Waals surface area (Å²) < 4.78 is 32.4. The predicted molar refractivity (Wildman–Crippen MR) is 73.9 cm³/mol. The summed E-state index contributed by atoms with van der Waals surface area (Å²) in [6.07, 6.45) is 1.29. The van der Waals surface area contributed by atoms with Gasteiger partial charge in [0.25, 0.3) is 10.0 Å².